The number of rotatable bonds is 1. The molecule has 3 heteroatoms. The van der Waals surface area contributed by atoms with Crippen molar-refractivity contribution in [3.05, 3.63) is 35.6 Å². The summed E-state index contributed by atoms with van der Waals surface area (Å²) in [5, 5.41) is 0. The van der Waals surface area contributed by atoms with Crippen molar-refractivity contribution in [1.82, 2.24) is 0 Å². The van der Waals surface area contributed by atoms with Gasteiger partial charge in [0.15, 0.2) is 5.72 Å². The maximum Gasteiger partial charge on any atom is 0.164 e. The molecule has 0 aliphatic carbocycles. The van der Waals surface area contributed by atoms with Crippen molar-refractivity contribution in [3.8, 4) is 0 Å². The van der Waals surface area contributed by atoms with Gasteiger partial charge in [-0.15, -0.1) is 0 Å². The third-order valence-corrected chi connectivity index (χ3v) is 4.14. The van der Waals surface area contributed by atoms with Crippen molar-refractivity contribution in [1.29, 1.82) is 0 Å². The number of hydrogen-bond acceptors (Lipinski definition) is 2. The molecule has 2 nitrogen and oxygen atoms in total. The van der Waals surface area contributed by atoms with Crippen LogP contribution >= 0.6 is 0 Å². The zero-order valence-electron chi connectivity index (χ0n) is 10.9. The fourth-order valence-corrected chi connectivity index (χ4v) is 3.05. The van der Waals surface area contributed by atoms with E-state index in [2.05, 4.69) is 13.8 Å². The second-order valence-electron chi connectivity index (χ2n) is 5.87. The summed E-state index contributed by atoms with van der Waals surface area (Å²) in [7, 11) is 0. The monoisotopic (exact) mass is 247 g/mol. The van der Waals surface area contributed by atoms with E-state index in [4.69, 9.17) is 9.73 Å². The van der Waals surface area contributed by atoms with E-state index in [0.717, 1.165) is 37.1 Å². The molecular weight excluding hydrogens is 229 g/mol. The molecule has 1 unspecified atom stereocenters. The molecule has 2 heterocycles. The molecule has 2 aliphatic rings. The first-order chi connectivity index (χ1) is 8.52. The van der Waals surface area contributed by atoms with Gasteiger partial charge in [-0.25, -0.2) is 4.39 Å². The fraction of sp³-hybridized carbons (Fsp3) is 0.533. The minimum atomic E-state index is -0.380. The van der Waals surface area contributed by atoms with Crippen molar-refractivity contribution < 1.29 is 9.13 Å². The van der Waals surface area contributed by atoms with Gasteiger partial charge in [0.2, 0.25) is 0 Å². The topological polar surface area (TPSA) is 21.6 Å². The summed E-state index contributed by atoms with van der Waals surface area (Å²) in [6, 6.07) is 6.68. The highest BCUT2D eigenvalue weighted by Crippen LogP contribution is 2.50. The minimum absolute atomic E-state index is 0.00878. The van der Waals surface area contributed by atoms with E-state index in [1.54, 1.807) is 12.1 Å². The lowest BCUT2D eigenvalue weighted by Gasteiger charge is -2.34. The van der Waals surface area contributed by atoms with Gasteiger partial charge in [0.25, 0.3) is 0 Å². The van der Waals surface area contributed by atoms with Crippen molar-refractivity contribution in [3.63, 3.8) is 0 Å². The molecule has 0 amide bonds. The molecule has 1 spiro atoms. The second-order valence-corrected chi connectivity index (χ2v) is 5.87. The van der Waals surface area contributed by atoms with Crippen LogP contribution in [0.25, 0.3) is 0 Å². The molecule has 3 rings (SSSR count). The summed E-state index contributed by atoms with van der Waals surface area (Å²) < 4.78 is 19.2. The maximum absolute atomic E-state index is 13.3. The standard InChI is InChI=1S/C15H18FNO/c1-14(2)10-13(11-5-3-6-12(16)9-11)17-15(14)7-4-8-18-15/h3,5-6,9H,4,7-8,10H2,1-2H3. The molecule has 0 radical (unpaired) electrons. The average molecular weight is 247 g/mol. The maximum atomic E-state index is 13.3. The lowest BCUT2D eigenvalue weighted by Crippen LogP contribution is -2.38. The van der Waals surface area contributed by atoms with Crippen LogP contribution in [0.2, 0.25) is 0 Å². The Morgan fingerprint density at radius 3 is 2.83 bits per heavy atom. The number of hydrogen-bond donors (Lipinski definition) is 0. The summed E-state index contributed by atoms with van der Waals surface area (Å²) in [5.41, 5.74) is 1.47. The predicted molar refractivity (Wildman–Crippen MR) is 69.3 cm³/mol. The number of halogens is 1. The van der Waals surface area contributed by atoms with Crippen LogP contribution in [0.3, 0.4) is 0 Å². The molecule has 2 aliphatic heterocycles. The first-order valence-electron chi connectivity index (χ1n) is 6.51. The van der Waals surface area contributed by atoms with Crippen LogP contribution in [-0.2, 0) is 4.74 Å². The summed E-state index contributed by atoms with van der Waals surface area (Å²) in [6.45, 7) is 5.16. The van der Waals surface area contributed by atoms with E-state index in [1.165, 1.54) is 6.07 Å². The predicted octanol–water partition coefficient (Wildman–Crippen LogP) is 3.55. The zero-order chi connectivity index (χ0) is 12.8. The molecule has 0 saturated carbocycles. The van der Waals surface area contributed by atoms with Crippen molar-refractivity contribution >= 4 is 5.71 Å². The lowest BCUT2D eigenvalue weighted by atomic mass is 9.78. The van der Waals surface area contributed by atoms with Gasteiger partial charge < -0.3 is 4.74 Å². The van der Waals surface area contributed by atoms with Crippen LogP contribution in [0.5, 0.6) is 0 Å². The summed E-state index contributed by atoms with van der Waals surface area (Å²) in [4.78, 5) is 4.81. The van der Waals surface area contributed by atoms with E-state index >= 15 is 0 Å². The Kier molecular flexibility index (Phi) is 2.56. The van der Waals surface area contributed by atoms with Gasteiger partial charge in [0, 0.05) is 17.7 Å². The molecule has 0 N–H and O–H groups in total. The van der Waals surface area contributed by atoms with Crippen LogP contribution in [0, 0.1) is 11.2 Å². The van der Waals surface area contributed by atoms with Crippen molar-refractivity contribution in [2.45, 2.75) is 38.8 Å². The largest absolute Gasteiger partial charge is 0.353 e. The van der Waals surface area contributed by atoms with E-state index in [0.29, 0.717) is 0 Å². The SMILES string of the molecule is CC1(C)CC(c2cccc(F)c2)=NC12CCCO2. The van der Waals surface area contributed by atoms with Gasteiger partial charge >= 0.3 is 0 Å². The van der Waals surface area contributed by atoms with Gasteiger partial charge in [-0.1, -0.05) is 26.0 Å². The molecular formula is C15H18FNO. The number of benzene rings is 1. The molecule has 1 saturated heterocycles. The summed E-state index contributed by atoms with van der Waals surface area (Å²) in [5.74, 6) is -0.207. The third kappa shape index (κ3) is 1.69. The van der Waals surface area contributed by atoms with E-state index in [1.807, 2.05) is 6.07 Å². The zero-order valence-corrected chi connectivity index (χ0v) is 10.9. The lowest BCUT2D eigenvalue weighted by molar-refractivity contribution is -0.0654. The number of nitrogens with zero attached hydrogens (tertiary/aromatic N) is 1. The first-order valence-corrected chi connectivity index (χ1v) is 6.51. The van der Waals surface area contributed by atoms with Gasteiger partial charge in [-0.2, -0.15) is 0 Å². The molecule has 1 aromatic rings. The molecule has 1 atom stereocenters. The molecule has 0 aromatic heterocycles. The van der Waals surface area contributed by atoms with Crippen LogP contribution in [0.15, 0.2) is 29.3 Å². The Hall–Kier alpha value is -1.22. The van der Waals surface area contributed by atoms with Crippen LogP contribution in [0.1, 0.15) is 38.7 Å². The highest BCUT2D eigenvalue weighted by atomic mass is 19.1. The fourth-order valence-electron chi connectivity index (χ4n) is 3.05. The second kappa shape index (κ2) is 3.89. The Morgan fingerprint density at radius 1 is 1.33 bits per heavy atom. The Bertz CT molecular complexity index is 501. The Labute approximate surface area is 107 Å². The first kappa shape index (κ1) is 11.8. The third-order valence-electron chi connectivity index (χ3n) is 4.14. The molecule has 0 bridgehead atoms. The smallest absolute Gasteiger partial charge is 0.164 e. The van der Waals surface area contributed by atoms with Crippen LogP contribution in [0.4, 0.5) is 4.39 Å². The quantitative estimate of drug-likeness (QED) is 0.743. The summed E-state index contributed by atoms with van der Waals surface area (Å²) in [6.07, 6.45) is 2.87. The van der Waals surface area contributed by atoms with Gasteiger partial charge in [-0.3, -0.25) is 4.99 Å². The number of aliphatic imine (C=N–C) groups is 1. The van der Waals surface area contributed by atoms with Gasteiger partial charge in [0.05, 0.1) is 0 Å². The van der Waals surface area contributed by atoms with Gasteiger partial charge in [-0.05, 0) is 37.0 Å². The van der Waals surface area contributed by atoms with Crippen molar-refractivity contribution in [2.75, 3.05) is 6.61 Å². The minimum Gasteiger partial charge on any atom is -0.353 e. The van der Waals surface area contributed by atoms with E-state index in [9.17, 15) is 4.39 Å². The average Bonchev–Trinajstić information content (AvgIpc) is 2.87. The molecule has 96 valence electrons. The normalized spacial score (nSPS) is 29.8. The van der Waals surface area contributed by atoms with E-state index < -0.39 is 0 Å². The summed E-state index contributed by atoms with van der Waals surface area (Å²) >= 11 is 0. The molecule has 1 fully saturated rings. The van der Waals surface area contributed by atoms with Crippen molar-refractivity contribution in [2.24, 2.45) is 10.4 Å². The van der Waals surface area contributed by atoms with E-state index in [-0.39, 0.29) is 17.0 Å². The van der Waals surface area contributed by atoms with Crippen LogP contribution in [-0.4, -0.2) is 18.0 Å². The highest BCUT2D eigenvalue weighted by molar-refractivity contribution is 6.02. The van der Waals surface area contributed by atoms with Crippen LogP contribution < -0.4 is 0 Å². The number of ether oxygens (including phenoxy) is 1. The molecule has 1 aromatic carbocycles. The van der Waals surface area contributed by atoms with Gasteiger partial charge in [0.1, 0.15) is 5.82 Å². The highest BCUT2D eigenvalue weighted by Gasteiger charge is 2.53. The Balaban J connectivity index is 2.00. The molecule has 18 heavy (non-hydrogen) atoms. The Morgan fingerprint density at radius 2 is 2.17 bits per heavy atom.